The van der Waals surface area contributed by atoms with Crippen LogP contribution in [0.25, 0.3) is 0 Å². The van der Waals surface area contributed by atoms with Crippen LogP contribution in [0.4, 0.5) is 5.69 Å². The Hall–Kier alpha value is -2.86. The standard InChI is InChI=1S/C20H19ClN2O4/c21-17-12-13(8-9-16(17)19(25)23-10-4-1-5-11-23)22-18(24)14-6-2-3-7-15(14)20(26)27/h2-3,6-9,12H,1,4-5,10-11H2,(H,22,24)(H,26,27). The van der Waals surface area contributed by atoms with Gasteiger partial charge in [-0.1, -0.05) is 23.7 Å². The number of hydrogen-bond donors (Lipinski definition) is 2. The molecule has 2 aromatic carbocycles. The van der Waals surface area contributed by atoms with Gasteiger partial charge in [-0.2, -0.15) is 0 Å². The van der Waals surface area contributed by atoms with Crippen molar-refractivity contribution in [3.05, 3.63) is 64.2 Å². The van der Waals surface area contributed by atoms with Crippen molar-refractivity contribution in [2.75, 3.05) is 18.4 Å². The van der Waals surface area contributed by atoms with Crippen molar-refractivity contribution in [1.29, 1.82) is 0 Å². The Morgan fingerprint density at radius 3 is 2.22 bits per heavy atom. The highest BCUT2D eigenvalue weighted by Gasteiger charge is 2.21. The summed E-state index contributed by atoms with van der Waals surface area (Å²) in [6, 6.07) is 10.6. The number of likely N-dealkylation sites (tertiary alicyclic amines) is 1. The van der Waals surface area contributed by atoms with Crippen LogP contribution in [-0.4, -0.2) is 40.9 Å². The molecule has 0 aromatic heterocycles. The maximum Gasteiger partial charge on any atom is 0.336 e. The van der Waals surface area contributed by atoms with Crippen LogP contribution >= 0.6 is 11.6 Å². The summed E-state index contributed by atoms with van der Waals surface area (Å²) in [5.41, 5.74) is 0.746. The molecular formula is C20H19ClN2O4. The van der Waals surface area contributed by atoms with Gasteiger partial charge in [-0.15, -0.1) is 0 Å². The largest absolute Gasteiger partial charge is 0.478 e. The van der Waals surface area contributed by atoms with Crippen LogP contribution in [0.3, 0.4) is 0 Å². The van der Waals surface area contributed by atoms with E-state index in [0.29, 0.717) is 11.3 Å². The minimum absolute atomic E-state index is 0.0505. The number of rotatable bonds is 4. The molecule has 140 valence electrons. The second kappa shape index (κ2) is 8.22. The normalized spacial score (nSPS) is 13.9. The van der Waals surface area contributed by atoms with E-state index in [4.69, 9.17) is 11.6 Å². The Balaban J connectivity index is 1.77. The molecular weight excluding hydrogens is 368 g/mol. The molecule has 2 N–H and O–H groups in total. The Morgan fingerprint density at radius 1 is 0.926 bits per heavy atom. The van der Waals surface area contributed by atoms with Crippen LogP contribution in [0, 0.1) is 0 Å². The maximum atomic E-state index is 12.6. The molecule has 1 saturated heterocycles. The predicted molar refractivity (Wildman–Crippen MR) is 103 cm³/mol. The summed E-state index contributed by atoms with van der Waals surface area (Å²) in [5.74, 6) is -1.85. The number of carboxylic acid groups (broad SMARTS) is 1. The average molecular weight is 387 g/mol. The zero-order valence-electron chi connectivity index (χ0n) is 14.6. The molecule has 1 aliphatic heterocycles. The number of nitrogens with one attached hydrogen (secondary N) is 1. The molecule has 0 spiro atoms. The average Bonchev–Trinajstić information content (AvgIpc) is 2.68. The third kappa shape index (κ3) is 4.28. The number of halogens is 1. The lowest BCUT2D eigenvalue weighted by molar-refractivity contribution is 0.0690. The van der Waals surface area contributed by atoms with Crippen molar-refractivity contribution < 1.29 is 19.5 Å². The number of nitrogens with zero attached hydrogens (tertiary/aromatic N) is 1. The Kier molecular flexibility index (Phi) is 5.76. The SMILES string of the molecule is O=C(O)c1ccccc1C(=O)Nc1ccc(C(=O)N2CCCCC2)c(Cl)c1. The molecule has 0 bridgehead atoms. The van der Waals surface area contributed by atoms with Gasteiger partial charge < -0.3 is 15.3 Å². The third-order valence-electron chi connectivity index (χ3n) is 4.50. The van der Waals surface area contributed by atoms with Crippen LogP contribution in [0.2, 0.25) is 5.02 Å². The quantitative estimate of drug-likeness (QED) is 0.833. The zero-order valence-corrected chi connectivity index (χ0v) is 15.3. The Morgan fingerprint density at radius 2 is 1.59 bits per heavy atom. The Labute approximate surface area is 161 Å². The van der Waals surface area contributed by atoms with Gasteiger partial charge in [0.2, 0.25) is 0 Å². The number of amides is 2. The van der Waals surface area contributed by atoms with Crippen LogP contribution in [0.1, 0.15) is 50.3 Å². The van der Waals surface area contributed by atoms with E-state index in [-0.39, 0.29) is 22.1 Å². The third-order valence-corrected chi connectivity index (χ3v) is 4.82. The number of carboxylic acids is 1. The molecule has 6 nitrogen and oxygen atoms in total. The Bertz CT molecular complexity index is 891. The minimum atomic E-state index is -1.18. The van der Waals surface area contributed by atoms with E-state index in [2.05, 4.69) is 5.32 Å². The first-order valence-electron chi connectivity index (χ1n) is 8.70. The highest BCUT2D eigenvalue weighted by atomic mass is 35.5. The van der Waals surface area contributed by atoms with Crippen molar-refractivity contribution in [3.63, 3.8) is 0 Å². The van der Waals surface area contributed by atoms with Crippen molar-refractivity contribution in [3.8, 4) is 0 Å². The number of carbonyl (C=O) groups is 3. The second-order valence-electron chi connectivity index (χ2n) is 6.35. The molecule has 27 heavy (non-hydrogen) atoms. The summed E-state index contributed by atoms with van der Waals surface area (Å²) in [5, 5.41) is 12.1. The van der Waals surface area contributed by atoms with Gasteiger partial charge in [-0.25, -0.2) is 4.79 Å². The molecule has 1 heterocycles. The first-order valence-corrected chi connectivity index (χ1v) is 9.07. The molecule has 1 fully saturated rings. The van der Waals surface area contributed by atoms with E-state index < -0.39 is 11.9 Å². The number of hydrogen-bond acceptors (Lipinski definition) is 3. The van der Waals surface area contributed by atoms with Crippen LogP contribution in [0.15, 0.2) is 42.5 Å². The molecule has 0 aliphatic carbocycles. The number of benzene rings is 2. The lowest BCUT2D eigenvalue weighted by Crippen LogP contribution is -2.35. The molecule has 0 radical (unpaired) electrons. The first kappa shape index (κ1) is 18.9. The lowest BCUT2D eigenvalue weighted by Gasteiger charge is -2.27. The summed E-state index contributed by atoms with van der Waals surface area (Å²) in [6.45, 7) is 1.44. The van der Waals surface area contributed by atoms with Gasteiger partial charge in [0.05, 0.1) is 21.7 Å². The zero-order chi connectivity index (χ0) is 19.4. The van der Waals surface area contributed by atoms with Gasteiger partial charge in [-0.3, -0.25) is 9.59 Å². The fraction of sp³-hybridized carbons (Fsp3) is 0.250. The summed E-state index contributed by atoms with van der Waals surface area (Å²) < 4.78 is 0. The molecule has 2 amide bonds. The molecule has 0 saturated carbocycles. The van der Waals surface area contributed by atoms with Crippen molar-refractivity contribution in [2.45, 2.75) is 19.3 Å². The topological polar surface area (TPSA) is 86.7 Å². The molecule has 3 rings (SSSR count). The van der Waals surface area contributed by atoms with Gasteiger partial charge in [0.1, 0.15) is 0 Å². The molecule has 7 heteroatoms. The van der Waals surface area contributed by atoms with E-state index >= 15 is 0 Å². The van der Waals surface area contributed by atoms with E-state index in [0.717, 1.165) is 32.4 Å². The highest BCUT2D eigenvalue weighted by molar-refractivity contribution is 6.34. The van der Waals surface area contributed by atoms with Gasteiger partial charge in [0, 0.05) is 18.8 Å². The number of anilines is 1. The van der Waals surface area contributed by atoms with Crippen molar-refractivity contribution in [1.82, 2.24) is 4.90 Å². The lowest BCUT2D eigenvalue weighted by atomic mass is 10.1. The smallest absolute Gasteiger partial charge is 0.336 e. The van der Waals surface area contributed by atoms with Gasteiger partial charge >= 0.3 is 5.97 Å². The van der Waals surface area contributed by atoms with Gasteiger partial charge in [0.15, 0.2) is 0 Å². The summed E-state index contributed by atoms with van der Waals surface area (Å²) in [6.07, 6.45) is 3.10. The summed E-state index contributed by atoms with van der Waals surface area (Å²) in [7, 11) is 0. The van der Waals surface area contributed by atoms with E-state index in [1.807, 2.05) is 0 Å². The van der Waals surface area contributed by atoms with E-state index in [1.54, 1.807) is 29.2 Å². The fourth-order valence-corrected chi connectivity index (χ4v) is 3.36. The monoisotopic (exact) mass is 386 g/mol. The van der Waals surface area contributed by atoms with E-state index in [9.17, 15) is 19.5 Å². The van der Waals surface area contributed by atoms with Crippen LogP contribution < -0.4 is 5.32 Å². The van der Waals surface area contributed by atoms with Crippen molar-refractivity contribution >= 4 is 35.1 Å². The number of carbonyl (C=O) groups excluding carboxylic acids is 2. The second-order valence-corrected chi connectivity index (χ2v) is 6.76. The molecule has 0 unspecified atom stereocenters. The predicted octanol–water partition coefficient (Wildman–Crippen LogP) is 3.92. The minimum Gasteiger partial charge on any atom is -0.478 e. The van der Waals surface area contributed by atoms with Crippen LogP contribution in [-0.2, 0) is 0 Å². The highest BCUT2D eigenvalue weighted by Crippen LogP contribution is 2.24. The molecule has 0 atom stereocenters. The van der Waals surface area contributed by atoms with E-state index in [1.165, 1.54) is 18.2 Å². The van der Waals surface area contributed by atoms with Crippen LogP contribution in [0.5, 0.6) is 0 Å². The fourth-order valence-electron chi connectivity index (χ4n) is 3.10. The number of aromatic carboxylic acids is 1. The summed E-state index contributed by atoms with van der Waals surface area (Å²) >= 11 is 6.26. The van der Waals surface area contributed by atoms with Gasteiger partial charge in [-0.05, 0) is 49.6 Å². The molecule has 2 aromatic rings. The summed E-state index contributed by atoms with van der Waals surface area (Å²) in [4.78, 5) is 38.1. The first-order chi connectivity index (χ1) is 13.0. The maximum absolute atomic E-state index is 12.6. The number of piperidine rings is 1. The van der Waals surface area contributed by atoms with Gasteiger partial charge in [0.25, 0.3) is 11.8 Å². The molecule has 1 aliphatic rings. The van der Waals surface area contributed by atoms with Crippen molar-refractivity contribution in [2.24, 2.45) is 0 Å².